The Labute approximate surface area is 163 Å². The van der Waals surface area contributed by atoms with Crippen LogP contribution in [0, 0.1) is 11.7 Å². The lowest BCUT2D eigenvalue weighted by Gasteiger charge is -2.40. The second kappa shape index (κ2) is 7.40. The molecule has 0 aliphatic carbocycles. The first kappa shape index (κ1) is 20.7. The highest BCUT2D eigenvalue weighted by molar-refractivity contribution is 8.09. The molecular formula is C18H18F4N2O3S. The molecule has 0 aromatic heterocycles. The van der Waals surface area contributed by atoms with Crippen LogP contribution in [0.2, 0.25) is 0 Å². The second-order valence-electron chi connectivity index (χ2n) is 6.65. The Kier molecular flexibility index (Phi) is 5.46. The quantitative estimate of drug-likeness (QED) is 0.760. The fourth-order valence-corrected chi connectivity index (χ4v) is 4.94. The van der Waals surface area contributed by atoms with Gasteiger partial charge in [0.05, 0.1) is 16.9 Å². The van der Waals surface area contributed by atoms with E-state index >= 15 is 0 Å². The normalized spacial score (nSPS) is 23.0. The zero-order valence-electron chi connectivity index (χ0n) is 15.1. The van der Waals surface area contributed by atoms with Crippen molar-refractivity contribution >= 4 is 28.6 Å². The van der Waals surface area contributed by atoms with E-state index in [1.807, 2.05) is 0 Å². The summed E-state index contributed by atoms with van der Waals surface area (Å²) in [5.74, 6) is -2.52. The first-order chi connectivity index (χ1) is 13.1. The van der Waals surface area contributed by atoms with Crippen molar-refractivity contribution in [2.45, 2.75) is 24.9 Å². The molecule has 2 atom stereocenters. The molecule has 2 heterocycles. The monoisotopic (exact) mass is 418 g/mol. The van der Waals surface area contributed by atoms with Gasteiger partial charge < -0.3 is 10.0 Å². The van der Waals surface area contributed by atoms with E-state index in [9.17, 15) is 27.2 Å². The van der Waals surface area contributed by atoms with Crippen molar-refractivity contribution in [3.8, 4) is 0 Å². The summed E-state index contributed by atoms with van der Waals surface area (Å²) in [4.78, 5) is 28.2. The Morgan fingerprint density at radius 2 is 1.93 bits per heavy atom. The van der Waals surface area contributed by atoms with Crippen molar-refractivity contribution in [1.82, 2.24) is 9.80 Å². The number of urea groups is 1. The van der Waals surface area contributed by atoms with Crippen molar-refractivity contribution in [3.63, 3.8) is 0 Å². The van der Waals surface area contributed by atoms with E-state index in [1.54, 1.807) is 6.92 Å². The molecule has 0 saturated carbocycles. The van der Waals surface area contributed by atoms with Crippen LogP contribution in [0.4, 0.5) is 22.4 Å². The van der Waals surface area contributed by atoms with E-state index in [4.69, 9.17) is 5.11 Å². The van der Waals surface area contributed by atoms with Gasteiger partial charge in [0.2, 0.25) is 5.91 Å². The van der Waals surface area contributed by atoms with Crippen LogP contribution in [0.5, 0.6) is 0 Å². The lowest BCUT2D eigenvalue weighted by molar-refractivity contribution is -0.140. The average molecular weight is 418 g/mol. The number of nitrogens with zero attached hydrogens (tertiary/aromatic N) is 2. The molecule has 1 N–H and O–H groups in total. The molecule has 3 amide bonds. The van der Waals surface area contributed by atoms with Gasteiger partial charge in [-0.15, -0.1) is 0 Å². The average Bonchev–Trinajstić information content (AvgIpc) is 2.97. The van der Waals surface area contributed by atoms with E-state index in [1.165, 1.54) is 18.0 Å². The summed E-state index contributed by atoms with van der Waals surface area (Å²) in [7, 11) is 1.52. The maximum atomic E-state index is 13.6. The third-order valence-corrected chi connectivity index (χ3v) is 6.49. The number of halogens is 4. The maximum Gasteiger partial charge on any atom is 0.419 e. The van der Waals surface area contributed by atoms with Gasteiger partial charge in [0.1, 0.15) is 5.82 Å². The predicted molar refractivity (Wildman–Crippen MR) is 95.4 cm³/mol. The summed E-state index contributed by atoms with van der Waals surface area (Å²) < 4.78 is 52.8. The number of amides is 3. The molecule has 0 spiro atoms. The third kappa shape index (κ3) is 3.39. The van der Waals surface area contributed by atoms with Crippen LogP contribution in [0.3, 0.4) is 0 Å². The van der Waals surface area contributed by atoms with E-state index in [2.05, 4.69) is 0 Å². The molecule has 0 bridgehead atoms. The van der Waals surface area contributed by atoms with Gasteiger partial charge in [-0.1, -0.05) is 17.8 Å². The lowest BCUT2D eigenvalue weighted by atomic mass is 9.94. The highest BCUT2D eigenvalue weighted by atomic mass is 32.2. The fourth-order valence-electron chi connectivity index (χ4n) is 3.42. The molecule has 0 radical (unpaired) electrons. The Hall–Kier alpha value is -2.07. The molecule has 1 aromatic rings. The smallest absolute Gasteiger partial charge is 0.396 e. The summed E-state index contributed by atoms with van der Waals surface area (Å²) in [6.07, 6.45) is -4.60. The number of carbonyl (C=O) groups excluding carboxylic acids is 2. The largest absolute Gasteiger partial charge is 0.419 e. The van der Waals surface area contributed by atoms with Gasteiger partial charge in [-0.2, -0.15) is 13.2 Å². The van der Waals surface area contributed by atoms with Crippen molar-refractivity contribution in [1.29, 1.82) is 0 Å². The Balaban J connectivity index is 2.00. The van der Waals surface area contributed by atoms with Gasteiger partial charge in [-0.05, 0) is 36.6 Å². The van der Waals surface area contributed by atoms with E-state index < -0.39 is 40.8 Å². The third-order valence-electron chi connectivity index (χ3n) is 4.87. The van der Waals surface area contributed by atoms with Gasteiger partial charge in [0.15, 0.2) is 0 Å². The summed E-state index contributed by atoms with van der Waals surface area (Å²) in [5.41, 5.74) is -0.685. The molecule has 28 heavy (non-hydrogen) atoms. The van der Waals surface area contributed by atoms with Crippen LogP contribution < -0.4 is 0 Å². The number of hydrogen-bond donors (Lipinski definition) is 1. The summed E-state index contributed by atoms with van der Waals surface area (Å²) >= 11 is 1.12. The van der Waals surface area contributed by atoms with Gasteiger partial charge in [0.25, 0.3) is 0 Å². The van der Waals surface area contributed by atoms with Crippen molar-refractivity contribution in [3.05, 3.63) is 40.7 Å². The van der Waals surface area contributed by atoms with E-state index in [0.29, 0.717) is 10.5 Å². The number of fused-ring (bicyclic) bond motifs is 1. The Morgan fingerprint density at radius 1 is 1.25 bits per heavy atom. The Bertz CT molecular complexity index is 856. The van der Waals surface area contributed by atoms with Crippen LogP contribution in [0.1, 0.15) is 24.5 Å². The zero-order chi connectivity index (χ0) is 20.8. The maximum absolute atomic E-state index is 13.6. The van der Waals surface area contributed by atoms with Crippen LogP contribution >= 0.6 is 11.8 Å². The molecule has 1 fully saturated rings. The van der Waals surface area contributed by atoms with Crippen molar-refractivity contribution < 1.29 is 32.3 Å². The summed E-state index contributed by atoms with van der Waals surface area (Å²) in [6, 6.07) is 2.21. The molecule has 2 aliphatic rings. The number of aliphatic hydroxyl groups excluding tert-OH is 1. The summed E-state index contributed by atoms with van der Waals surface area (Å²) in [6.45, 7) is 1.51. The topological polar surface area (TPSA) is 60.9 Å². The Morgan fingerprint density at radius 3 is 2.54 bits per heavy atom. The number of rotatable bonds is 4. The number of hydrogen-bond acceptors (Lipinski definition) is 4. The second-order valence-corrected chi connectivity index (χ2v) is 7.78. The predicted octanol–water partition coefficient (Wildman–Crippen LogP) is 3.54. The minimum atomic E-state index is -4.84. The molecule has 10 heteroatoms. The number of benzene rings is 1. The van der Waals surface area contributed by atoms with Gasteiger partial charge in [-0.3, -0.25) is 9.69 Å². The van der Waals surface area contributed by atoms with Crippen LogP contribution in [-0.4, -0.2) is 52.4 Å². The van der Waals surface area contributed by atoms with Crippen LogP contribution in [0.15, 0.2) is 23.8 Å². The highest BCUT2D eigenvalue weighted by Crippen LogP contribution is 2.51. The molecule has 2 unspecified atom stereocenters. The SMILES string of the molecule is CC1=C(c2ccc(F)c(C(F)(F)F)c2)SC2C1C(=O)N(CCCO)C(=O)N2C. The number of thioether (sulfide) groups is 1. The van der Waals surface area contributed by atoms with Crippen molar-refractivity contribution in [2.75, 3.05) is 20.2 Å². The number of alkyl halides is 3. The molecule has 1 saturated heterocycles. The van der Waals surface area contributed by atoms with Crippen LogP contribution in [0.25, 0.3) is 4.91 Å². The molecule has 3 rings (SSSR count). The molecule has 1 aromatic carbocycles. The van der Waals surface area contributed by atoms with E-state index in [-0.39, 0.29) is 25.1 Å². The minimum Gasteiger partial charge on any atom is -0.396 e. The first-order valence-electron chi connectivity index (χ1n) is 8.51. The highest BCUT2D eigenvalue weighted by Gasteiger charge is 2.50. The lowest BCUT2D eigenvalue weighted by Crippen LogP contribution is -2.58. The van der Waals surface area contributed by atoms with Gasteiger partial charge in [-0.25, -0.2) is 9.18 Å². The van der Waals surface area contributed by atoms with E-state index in [0.717, 1.165) is 28.8 Å². The number of imide groups is 1. The van der Waals surface area contributed by atoms with Gasteiger partial charge in [0, 0.05) is 25.1 Å². The molecule has 2 aliphatic heterocycles. The van der Waals surface area contributed by atoms with Crippen molar-refractivity contribution in [2.24, 2.45) is 5.92 Å². The molecular weight excluding hydrogens is 400 g/mol. The zero-order valence-corrected chi connectivity index (χ0v) is 15.9. The molecule has 152 valence electrons. The first-order valence-corrected chi connectivity index (χ1v) is 9.39. The minimum absolute atomic E-state index is 0.0593. The fraction of sp³-hybridized carbons (Fsp3) is 0.444. The molecule has 5 nitrogen and oxygen atoms in total. The van der Waals surface area contributed by atoms with Crippen LogP contribution in [-0.2, 0) is 11.0 Å². The summed E-state index contributed by atoms with van der Waals surface area (Å²) in [5, 5.41) is 8.40. The standard InChI is InChI=1S/C18H18F4N2O3S/c1-9-13-15(26)24(6-3-7-25)17(27)23(2)16(13)28-14(9)10-4-5-12(19)11(8-10)18(20,21)22/h4-5,8,13,16,25H,3,6-7H2,1-2H3. The number of carbonyl (C=O) groups is 2. The number of aliphatic hydroxyl groups is 1. The van der Waals surface area contributed by atoms with Gasteiger partial charge >= 0.3 is 12.2 Å².